The Morgan fingerprint density at radius 1 is 1.16 bits per heavy atom. The summed E-state index contributed by atoms with van der Waals surface area (Å²) in [5.74, 6) is 0.220. The number of ether oxygens (including phenoxy) is 2. The average molecular weight is 421 g/mol. The quantitative estimate of drug-likeness (QED) is 0.701. The van der Waals surface area contributed by atoms with Gasteiger partial charge >= 0.3 is 12.0 Å². The highest BCUT2D eigenvalue weighted by Gasteiger charge is 2.34. The molecular formula is C24H27N3O4. The van der Waals surface area contributed by atoms with Gasteiger partial charge in [0.2, 0.25) is 0 Å². The predicted octanol–water partition coefficient (Wildman–Crippen LogP) is 2.92. The molecule has 0 fully saturated rings. The summed E-state index contributed by atoms with van der Waals surface area (Å²) in [4.78, 5) is 27.7. The van der Waals surface area contributed by atoms with Gasteiger partial charge in [-0.25, -0.2) is 9.59 Å². The van der Waals surface area contributed by atoms with Gasteiger partial charge in [-0.05, 0) is 42.2 Å². The van der Waals surface area contributed by atoms with Crippen molar-refractivity contribution < 1.29 is 19.1 Å². The van der Waals surface area contributed by atoms with Gasteiger partial charge in [-0.1, -0.05) is 36.4 Å². The van der Waals surface area contributed by atoms with Crippen molar-refractivity contribution >= 4 is 12.0 Å². The van der Waals surface area contributed by atoms with E-state index in [1.165, 1.54) is 11.1 Å². The summed E-state index contributed by atoms with van der Waals surface area (Å²) in [7, 11) is 1.59. The monoisotopic (exact) mass is 421 g/mol. The van der Waals surface area contributed by atoms with Crippen molar-refractivity contribution in [1.82, 2.24) is 15.5 Å². The zero-order valence-corrected chi connectivity index (χ0v) is 17.8. The van der Waals surface area contributed by atoms with E-state index in [2.05, 4.69) is 33.7 Å². The number of hydrogen-bond acceptors (Lipinski definition) is 5. The Hall–Kier alpha value is -3.32. The number of urea groups is 1. The lowest BCUT2D eigenvalue weighted by Gasteiger charge is -2.34. The predicted molar refractivity (Wildman–Crippen MR) is 116 cm³/mol. The van der Waals surface area contributed by atoms with Gasteiger partial charge in [0, 0.05) is 25.3 Å². The molecule has 0 saturated heterocycles. The lowest BCUT2D eigenvalue weighted by atomic mass is 9.94. The second-order valence-corrected chi connectivity index (χ2v) is 7.65. The van der Waals surface area contributed by atoms with Crippen molar-refractivity contribution in [2.45, 2.75) is 25.9 Å². The number of esters is 1. The summed E-state index contributed by atoms with van der Waals surface area (Å²) in [5.41, 5.74) is 4.39. The van der Waals surface area contributed by atoms with Crippen LogP contribution < -0.4 is 15.4 Å². The van der Waals surface area contributed by atoms with E-state index in [-0.39, 0.29) is 12.6 Å². The van der Waals surface area contributed by atoms with E-state index in [1.807, 2.05) is 30.3 Å². The van der Waals surface area contributed by atoms with Gasteiger partial charge < -0.3 is 20.1 Å². The lowest BCUT2D eigenvalue weighted by molar-refractivity contribution is -0.139. The first-order chi connectivity index (χ1) is 15.1. The number of nitrogens with one attached hydrogen (secondary N) is 2. The molecule has 2 heterocycles. The molecule has 0 unspecified atom stereocenters. The van der Waals surface area contributed by atoms with E-state index in [9.17, 15) is 9.59 Å². The van der Waals surface area contributed by atoms with E-state index in [0.29, 0.717) is 23.6 Å². The maximum atomic E-state index is 13.0. The van der Waals surface area contributed by atoms with Gasteiger partial charge in [-0.15, -0.1) is 0 Å². The van der Waals surface area contributed by atoms with Crippen LogP contribution in [0.4, 0.5) is 4.79 Å². The first-order valence-electron chi connectivity index (χ1n) is 10.5. The Balaban J connectivity index is 1.68. The third-order valence-electron chi connectivity index (χ3n) is 5.67. The molecule has 7 heteroatoms. The summed E-state index contributed by atoms with van der Waals surface area (Å²) in [6, 6.07) is 14.8. The van der Waals surface area contributed by atoms with Crippen molar-refractivity contribution in [3.05, 3.63) is 76.5 Å². The number of amides is 2. The molecule has 0 aliphatic carbocycles. The van der Waals surface area contributed by atoms with Crippen LogP contribution in [-0.4, -0.2) is 43.7 Å². The minimum Gasteiger partial charge on any atom is -0.497 e. The van der Waals surface area contributed by atoms with E-state index in [4.69, 9.17) is 9.47 Å². The van der Waals surface area contributed by atoms with E-state index in [1.54, 1.807) is 14.0 Å². The summed E-state index contributed by atoms with van der Waals surface area (Å²) < 4.78 is 10.7. The molecule has 0 aromatic heterocycles. The van der Waals surface area contributed by atoms with Crippen LogP contribution >= 0.6 is 0 Å². The molecule has 4 rings (SSSR count). The molecule has 162 valence electrons. The molecule has 2 aliphatic heterocycles. The molecule has 0 saturated carbocycles. The van der Waals surface area contributed by atoms with E-state index >= 15 is 0 Å². The van der Waals surface area contributed by atoms with Crippen LogP contribution in [0.25, 0.3) is 0 Å². The fraction of sp³-hybridized carbons (Fsp3) is 0.333. The van der Waals surface area contributed by atoms with Crippen molar-refractivity contribution in [3.8, 4) is 5.75 Å². The van der Waals surface area contributed by atoms with Gasteiger partial charge in [0.05, 0.1) is 25.3 Å². The number of rotatable bonds is 6. The maximum Gasteiger partial charge on any atom is 0.338 e. The highest BCUT2D eigenvalue weighted by atomic mass is 16.5. The van der Waals surface area contributed by atoms with E-state index in [0.717, 1.165) is 25.1 Å². The molecule has 0 radical (unpaired) electrons. The first-order valence-corrected chi connectivity index (χ1v) is 10.5. The molecule has 2 N–H and O–H groups in total. The molecular weight excluding hydrogens is 394 g/mol. The lowest BCUT2D eigenvalue weighted by Crippen LogP contribution is -2.49. The van der Waals surface area contributed by atoms with Crippen LogP contribution in [0.5, 0.6) is 5.75 Å². The third kappa shape index (κ3) is 4.56. The smallest absolute Gasteiger partial charge is 0.338 e. The fourth-order valence-corrected chi connectivity index (χ4v) is 4.18. The normalized spacial score (nSPS) is 18.6. The number of fused-ring (bicyclic) bond motifs is 1. The average Bonchev–Trinajstić information content (AvgIpc) is 2.78. The Morgan fingerprint density at radius 3 is 2.74 bits per heavy atom. The number of methoxy groups -OCH3 is 1. The van der Waals surface area contributed by atoms with Crippen molar-refractivity contribution in [2.75, 3.05) is 26.8 Å². The summed E-state index contributed by atoms with van der Waals surface area (Å²) in [6.07, 6.45) is 0.934. The Labute approximate surface area is 182 Å². The van der Waals surface area contributed by atoms with Crippen LogP contribution in [0.1, 0.15) is 29.7 Å². The van der Waals surface area contributed by atoms with Crippen LogP contribution in [0, 0.1) is 0 Å². The number of nitrogens with zero attached hydrogens (tertiary/aromatic N) is 1. The molecule has 31 heavy (non-hydrogen) atoms. The zero-order valence-electron chi connectivity index (χ0n) is 17.8. The Bertz CT molecular complexity index is 1020. The standard InChI is InChI=1S/C24H27N3O4/c1-3-31-23(28)21-20(15-27-12-11-16-7-4-5-8-18(16)14-27)25-24(29)26-22(21)17-9-6-10-19(13-17)30-2/h4-10,13,22H,3,11-12,14-15H2,1-2H3,(H2,25,26,29)/t22-/m1/s1. The van der Waals surface area contributed by atoms with Gasteiger partial charge in [0.15, 0.2) is 0 Å². The van der Waals surface area contributed by atoms with Crippen LogP contribution in [-0.2, 0) is 22.5 Å². The second kappa shape index (κ2) is 9.22. The first kappa shape index (κ1) is 20.9. The molecule has 2 amide bonds. The molecule has 7 nitrogen and oxygen atoms in total. The highest BCUT2D eigenvalue weighted by molar-refractivity contribution is 5.95. The molecule has 0 spiro atoms. The largest absolute Gasteiger partial charge is 0.497 e. The SMILES string of the molecule is CCOC(=O)C1=C(CN2CCc3ccccc3C2)NC(=O)N[C@@H]1c1cccc(OC)c1. The number of hydrogen-bond donors (Lipinski definition) is 2. The van der Waals surface area contributed by atoms with Gasteiger partial charge in [0.25, 0.3) is 0 Å². The number of carbonyl (C=O) groups is 2. The van der Waals surface area contributed by atoms with Crippen molar-refractivity contribution in [1.29, 1.82) is 0 Å². The highest BCUT2D eigenvalue weighted by Crippen LogP contribution is 2.30. The summed E-state index contributed by atoms with van der Waals surface area (Å²) in [6.45, 7) is 4.10. The molecule has 2 aromatic carbocycles. The summed E-state index contributed by atoms with van der Waals surface area (Å²) >= 11 is 0. The number of benzene rings is 2. The second-order valence-electron chi connectivity index (χ2n) is 7.65. The number of carbonyl (C=O) groups excluding carboxylic acids is 2. The van der Waals surface area contributed by atoms with Gasteiger partial charge in [-0.3, -0.25) is 4.90 Å². The molecule has 2 aromatic rings. The van der Waals surface area contributed by atoms with E-state index < -0.39 is 12.0 Å². The third-order valence-corrected chi connectivity index (χ3v) is 5.67. The van der Waals surface area contributed by atoms with Crippen LogP contribution in [0.3, 0.4) is 0 Å². The minimum absolute atomic E-state index is 0.255. The molecule has 2 aliphatic rings. The maximum absolute atomic E-state index is 13.0. The fourth-order valence-electron chi connectivity index (χ4n) is 4.18. The van der Waals surface area contributed by atoms with Gasteiger partial charge in [-0.2, -0.15) is 0 Å². The molecule has 0 bridgehead atoms. The Kier molecular flexibility index (Phi) is 6.23. The summed E-state index contributed by atoms with van der Waals surface area (Å²) in [5, 5.41) is 5.73. The molecule has 1 atom stereocenters. The van der Waals surface area contributed by atoms with Crippen molar-refractivity contribution in [3.63, 3.8) is 0 Å². The van der Waals surface area contributed by atoms with Gasteiger partial charge in [0.1, 0.15) is 5.75 Å². The zero-order chi connectivity index (χ0) is 21.8. The van der Waals surface area contributed by atoms with Crippen LogP contribution in [0.15, 0.2) is 59.8 Å². The Morgan fingerprint density at radius 2 is 1.97 bits per heavy atom. The van der Waals surface area contributed by atoms with Crippen LogP contribution in [0.2, 0.25) is 0 Å². The minimum atomic E-state index is -0.616. The topological polar surface area (TPSA) is 79.9 Å². The van der Waals surface area contributed by atoms with Crippen molar-refractivity contribution in [2.24, 2.45) is 0 Å².